The summed E-state index contributed by atoms with van der Waals surface area (Å²) in [7, 11) is -4.78. The van der Waals surface area contributed by atoms with Crippen molar-refractivity contribution in [3.8, 4) is 0 Å². The van der Waals surface area contributed by atoms with Crippen LogP contribution in [0.1, 0.15) is 174 Å². The van der Waals surface area contributed by atoms with E-state index in [0.29, 0.717) is 25.7 Å². The number of ether oxygens (including phenoxy) is 2. The van der Waals surface area contributed by atoms with Gasteiger partial charge in [-0.05, 0) is 44.9 Å². The molecule has 0 aliphatic carbocycles. The van der Waals surface area contributed by atoms with E-state index in [1.54, 1.807) is 0 Å². The van der Waals surface area contributed by atoms with Crippen molar-refractivity contribution in [2.45, 2.75) is 187 Å². The molecule has 0 aromatic heterocycles. The van der Waals surface area contributed by atoms with Crippen LogP contribution in [0.5, 0.6) is 0 Å². The Hall–Kier alpha value is -2.29. The lowest BCUT2D eigenvalue weighted by Gasteiger charge is -2.18. The second kappa shape index (κ2) is 38.0. The number of unbranched alkanes of at least 4 members (excludes halogenated alkanes) is 17. The molecule has 306 valence electrons. The summed E-state index contributed by atoms with van der Waals surface area (Å²) in [5.74, 6) is -0.975. The molecule has 0 fully saturated rings. The van der Waals surface area contributed by atoms with E-state index in [2.05, 4.69) is 23.6 Å². The van der Waals surface area contributed by atoms with E-state index in [9.17, 15) is 19.3 Å². The molecule has 0 amide bonds. The number of carbonyl (C=O) groups excluding carboxylic acids is 2. The van der Waals surface area contributed by atoms with Gasteiger partial charge in [0.1, 0.15) is 6.61 Å². The van der Waals surface area contributed by atoms with Gasteiger partial charge in [-0.25, -0.2) is 4.57 Å². The third-order valence-electron chi connectivity index (χ3n) is 8.63. The van der Waals surface area contributed by atoms with E-state index < -0.39 is 38.6 Å². The molecule has 53 heavy (non-hydrogen) atoms. The zero-order valence-corrected chi connectivity index (χ0v) is 34.2. The summed E-state index contributed by atoms with van der Waals surface area (Å²) in [5, 5.41) is 9.74. The monoisotopic (exact) mass is 767 g/mol. The van der Waals surface area contributed by atoms with E-state index in [-0.39, 0.29) is 19.4 Å². The van der Waals surface area contributed by atoms with Gasteiger partial charge in [-0.15, -0.1) is 0 Å². The predicted octanol–water partition coefficient (Wildman–Crippen LogP) is 11.5. The number of hydrogen-bond acceptors (Lipinski definition) is 7. The summed E-state index contributed by atoms with van der Waals surface area (Å²) >= 11 is 0. The minimum absolute atomic E-state index is 0.170. The Kier molecular flexibility index (Phi) is 36.4. The van der Waals surface area contributed by atoms with Crippen LogP contribution >= 0.6 is 7.82 Å². The maximum Gasteiger partial charge on any atom is 0.469 e. The minimum Gasteiger partial charge on any atom is -0.462 e. The fraction of sp³-hybridized carbons (Fsp3) is 0.721. The largest absolute Gasteiger partial charge is 0.469 e. The van der Waals surface area contributed by atoms with Gasteiger partial charge >= 0.3 is 19.8 Å². The smallest absolute Gasteiger partial charge is 0.462 e. The van der Waals surface area contributed by atoms with Gasteiger partial charge in [-0.1, -0.05) is 177 Å². The molecule has 0 aromatic rings. The third-order valence-corrected chi connectivity index (χ3v) is 9.11. The number of aliphatic hydroxyl groups excluding tert-OH is 1. The van der Waals surface area contributed by atoms with Gasteiger partial charge in [0, 0.05) is 12.8 Å². The Morgan fingerprint density at radius 1 is 0.604 bits per heavy atom. The van der Waals surface area contributed by atoms with Gasteiger partial charge in [0.25, 0.3) is 0 Å². The second-order valence-electron chi connectivity index (χ2n) is 13.8. The zero-order chi connectivity index (χ0) is 39.1. The third kappa shape index (κ3) is 40.7. The Labute approximate surface area is 322 Å². The molecule has 0 aliphatic heterocycles. The molecule has 1 unspecified atom stereocenters. The minimum atomic E-state index is -4.78. The zero-order valence-electron chi connectivity index (χ0n) is 33.3. The molecule has 3 N–H and O–H groups in total. The standard InChI is InChI=1S/C43H75O9P/c1-3-5-7-8-9-10-11-12-13-14-15-16-21-24-27-30-33-37-43(46)52-41(39-51-53(47,48)49)38-50-42(45)36-32-29-26-23-20-18-17-19-22-25-28-31-35-40(44)34-6-4-2/h6,17-18,22-23,25-26,28,31,34,40-41,44H,3-5,7-16,19-21,24,27,29-30,32-33,35-39H2,1-2H3,(H2,47,48,49)/b18-17-,25-22-,26-23-,31-28+,34-6-/t40?,41-/m1/s1. The number of phosphoric ester groups is 1. The van der Waals surface area contributed by atoms with Gasteiger partial charge in [0.15, 0.2) is 6.10 Å². The molecule has 0 aromatic carbocycles. The van der Waals surface area contributed by atoms with Crippen molar-refractivity contribution in [3.05, 3.63) is 60.8 Å². The number of aliphatic hydroxyl groups is 1. The van der Waals surface area contributed by atoms with E-state index in [0.717, 1.165) is 38.5 Å². The van der Waals surface area contributed by atoms with Crippen molar-refractivity contribution in [1.29, 1.82) is 0 Å². The number of hydrogen-bond donors (Lipinski definition) is 3. The van der Waals surface area contributed by atoms with Gasteiger partial charge in [0.05, 0.1) is 12.7 Å². The summed E-state index contributed by atoms with van der Waals surface area (Å²) < 4.78 is 26.3. The lowest BCUT2D eigenvalue weighted by molar-refractivity contribution is -0.161. The average Bonchev–Trinajstić information content (AvgIpc) is 3.12. The predicted molar refractivity (Wildman–Crippen MR) is 217 cm³/mol. The molecule has 0 radical (unpaired) electrons. The van der Waals surface area contributed by atoms with Crippen molar-refractivity contribution < 1.29 is 43.0 Å². The topological polar surface area (TPSA) is 140 Å². The summed E-state index contributed by atoms with van der Waals surface area (Å²) in [6, 6.07) is 0. The summed E-state index contributed by atoms with van der Waals surface area (Å²) in [6.07, 6.45) is 44.3. The molecule has 0 saturated carbocycles. The Morgan fingerprint density at radius 2 is 1.11 bits per heavy atom. The number of rotatable bonds is 37. The fourth-order valence-electron chi connectivity index (χ4n) is 5.55. The fourth-order valence-corrected chi connectivity index (χ4v) is 5.91. The lowest BCUT2D eigenvalue weighted by Crippen LogP contribution is -2.29. The SMILES string of the molecule is CC/C=C\C(O)C/C=C/C=C\C/C=C\C/C=C\CCCC(=O)OC[C@H](COP(=O)(O)O)OC(=O)CCCCCCCCCCCCCCCCCCC. The van der Waals surface area contributed by atoms with Crippen LogP contribution < -0.4 is 0 Å². The highest BCUT2D eigenvalue weighted by Gasteiger charge is 2.22. The first kappa shape index (κ1) is 50.7. The first-order valence-electron chi connectivity index (χ1n) is 20.7. The molecule has 0 bridgehead atoms. The van der Waals surface area contributed by atoms with Crippen LogP contribution in [0.4, 0.5) is 0 Å². The van der Waals surface area contributed by atoms with Crippen molar-refractivity contribution in [1.82, 2.24) is 0 Å². The number of carbonyl (C=O) groups is 2. The highest BCUT2D eigenvalue weighted by molar-refractivity contribution is 7.46. The molecular formula is C43H75O9P. The van der Waals surface area contributed by atoms with E-state index in [1.165, 1.54) is 83.5 Å². The maximum absolute atomic E-state index is 12.4. The number of allylic oxidation sites excluding steroid dienone is 8. The molecule has 0 rings (SSSR count). The molecule has 0 heterocycles. The van der Waals surface area contributed by atoms with Gasteiger partial charge in [-0.2, -0.15) is 0 Å². The normalized spacial score (nSPS) is 13.7. The van der Waals surface area contributed by atoms with Crippen LogP contribution in [0.2, 0.25) is 0 Å². The van der Waals surface area contributed by atoms with Crippen LogP contribution in [-0.4, -0.2) is 52.3 Å². The summed E-state index contributed by atoms with van der Waals surface area (Å²) in [4.78, 5) is 42.8. The lowest BCUT2D eigenvalue weighted by atomic mass is 10.0. The molecule has 10 heteroatoms. The molecule has 0 aliphatic rings. The highest BCUT2D eigenvalue weighted by atomic mass is 31.2. The average molecular weight is 767 g/mol. The molecular weight excluding hydrogens is 691 g/mol. The van der Waals surface area contributed by atoms with Crippen LogP contribution in [0, 0.1) is 0 Å². The van der Waals surface area contributed by atoms with Gasteiger partial charge < -0.3 is 24.4 Å². The Morgan fingerprint density at radius 3 is 1.68 bits per heavy atom. The maximum atomic E-state index is 12.4. The van der Waals surface area contributed by atoms with Crippen LogP contribution in [0.25, 0.3) is 0 Å². The van der Waals surface area contributed by atoms with Gasteiger partial charge in [0.2, 0.25) is 0 Å². The second-order valence-corrected chi connectivity index (χ2v) is 15.0. The van der Waals surface area contributed by atoms with E-state index in [4.69, 9.17) is 19.3 Å². The number of phosphoric acid groups is 1. The van der Waals surface area contributed by atoms with Crippen LogP contribution in [0.3, 0.4) is 0 Å². The highest BCUT2D eigenvalue weighted by Crippen LogP contribution is 2.36. The molecule has 9 nitrogen and oxygen atoms in total. The van der Waals surface area contributed by atoms with Crippen molar-refractivity contribution in [3.63, 3.8) is 0 Å². The van der Waals surface area contributed by atoms with Gasteiger partial charge in [-0.3, -0.25) is 14.1 Å². The van der Waals surface area contributed by atoms with E-state index >= 15 is 0 Å². The quantitative estimate of drug-likeness (QED) is 0.0185. The van der Waals surface area contributed by atoms with Crippen LogP contribution in [0.15, 0.2) is 60.8 Å². The number of esters is 2. The molecule has 0 saturated heterocycles. The Bertz CT molecular complexity index is 1060. The van der Waals surface area contributed by atoms with Crippen molar-refractivity contribution in [2.24, 2.45) is 0 Å². The first-order chi connectivity index (χ1) is 25.7. The van der Waals surface area contributed by atoms with E-state index in [1.807, 2.05) is 55.5 Å². The summed E-state index contributed by atoms with van der Waals surface area (Å²) in [6.45, 7) is 3.40. The van der Waals surface area contributed by atoms with Crippen molar-refractivity contribution in [2.75, 3.05) is 13.2 Å². The molecule has 2 atom stereocenters. The summed E-state index contributed by atoms with van der Waals surface area (Å²) in [5.41, 5.74) is 0. The first-order valence-corrected chi connectivity index (χ1v) is 22.2. The van der Waals surface area contributed by atoms with Crippen molar-refractivity contribution >= 4 is 19.8 Å². The van der Waals surface area contributed by atoms with Crippen LogP contribution in [-0.2, 0) is 28.2 Å². The molecule has 0 spiro atoms. The Balaban J connectivity index is 4.04.